The molecule has 1 saturated heterocycles. The fourth-order valence-electron chi connectivity index (χ4n) is 3.85. The molecule has 4 rings (SSSR count). The fraction of sp³-hybridized carbons (Fsp3) is 0.304. The van der Waals surface area contributed by atoms with Gasteiger partial charge in [-0.1, -0.05) is 48.5 Å². The van der Waals surface area contributed by atoms with Gasteiger partial charge >= 0.3 is 0 Å². The van der Waals surface area contributed by atoms with Gasteiger partial charge in [0, 0.05) is 30.5 Å². The highest BCUT2D eigenvalue weighted by Gasteiger charge is 2.29. The number of rotatable bonds is 5. The van der Waals surface area contributed by atoms with E-state index in [2.05, 4.69) is 22.4 Å². The zero-order valence-corrected chi connectivity index (χ0v) is 15.9. The van der Waals surface area contributed by atoms with Crippen molar-refractivity contribution in [2.45, 2.75) is 19.3 Å². The molecule has 2 amide bonds. The summed E-state index contributed by atoms with van der Waals surface area (Å²) in [6.07, 6.45) is 2.49. The molecule has 0 saturated carbocycles. The number of hydrogen-bond donors (Lipinski definition) is 2. The normalized spacial score (nSPS) is 16.9. The lowest BCUT2D eigenvalue weighted by Crippen LogP contribution is -2.45. The zero-order chi connectivity index (χ0) is 19.3. The summed E-state index contributed by atoms with van der Waals surface area (Å²) in [5.74, 6) is -0.124. The Bertz CT molecular complexity index is 931. The van der Waals surface area contributed by atoms with E-state index < -0.39 is 0 Å². The van der Waals surface area contributed by atoms with Crippen LogP contribution in [0.4, 0.5) is 0 Å². The van der Waals surface area contributed by atoms with E-state index >= 15 is 0 Å². The number of nitrogens with zero attached hydrogens (tertiary/aromatic N) is 1. The molecule has 0 radical (unpaired) electrons. The third-order valence-corrected chi connectivity index (χ3v) is 5.40. The van der Waals surface area contributed by atoms with Crippen LogP contribution in [-0.4, -0.2) is 41.3 Å². The van der Waals surface area contributed by atoms with Crippen LogP contribution in [0.25, 0.3) is 10.9 Å². The number of nitrogens with one attached hydrogen (secondary N) is 2. The number of H-pyrrole nitrogens is 1. The highest BCUT2D eigenvalue weighted by Crippen LogP contribution is 2.21. The summed E-state index contributed by atoms with van der Waals surface area (Å²) in [4.78, 5) is 30.5. The number of hydrogen-bond acceptors (Lipinski definition) is 2. The maximum absolute atomic E-state index is 12.9. The summed E-state index contributed by atoms with van der Waals surface area (Å²) >= 11 is 0. The minimum atomic E-state index is -0.141. The van der Waals surface area contributed by atoms with Crippen LogP contribution in [0.15, 0.2) is 60.7 Å². The van der Waals surface area contributed by atoms with Gasteiger partial charge in [0.2, 0.25) is 5.91 Å². The van der Waals surface area contributed by atoms with Crippen molar-refractivity contribution in [3.63, 3.8) is 0 Å². The number of para-hydroxylation sites is 1. The molecule has 3 aromatic rings. The van der Waals surface area contributed by atoms with Crippen molar-refractivity contribution in [3.8, 4) is 0 Å². The second kappa shape index (κ2) is 8.30. The molecule has 5 nitrogen and oxygen atoms in total. The molecule has 144 valence electrons. The average Bonchev–Trinajstić information content (AvgIpc) is 3.18. The summed E-state index contributed by atoms with van der Waals surface area (Å²) in [6.45, 7) is 1.79. The molecule has 0 bridgehead atoms. The van der Waals surface area contributed by atoms with Gasteiger partial charge < -0.3 is 15.2 Å². The van der Waals surface area contributed by atoms with E-state index in [1.54, 1.807) is 4.90 Å². The minimum absolute atomic E-state index is 0.0296. The van der Waals surface area contributed by atoms with Gasteiger partial charge in [0.25, 0.3) is 5.91 Å². The van der Waals surface area contributed by atoms with Crippen LogP contribution in [0.2, 0.25) is 0 Å². The van der Waals surface area contributed by atoms with Gasteiger partial charge in [-0.2, -0.15) is 0 Å². The Kier molecular flexibility index (Phi) is 5.42. The Hall–Kier alpha value is -3.08. The average molecular weight is 375 g/mol. The molecule has 1 aliphatic rings. The van der Waals surface area contributed by atoms with Gasteiger partial charge in [-0.05, 0) is 37.0 Å². The molecule has 1 aromatic heterocycles. The van der Waals surface area contributed by atoms with Gasteiger partial charge in [-0.15, -0.1) is 0 Å². The number of carbonyl (C=O) groups is 2. The molecule has 0 aliphatic carbocycles. The van der Waals surface area contributed by atoms with Crippen molar-refractivity contribution in [1.82, 2.24) is 15.2 Å². The van der Waals surface area contributed by atoms with Crippen molar-refractivity contribution in [1.29, 1.82) is 0 Å². The first-order valence-electron chi connectivity index (χ1n) is 9.89. The molecule has 1 unspecified atom stereocenters. The Balaban J connectivity index is 1.34. The molecule has 2 aromatic carbocycles. The van der Waals surface area contributed by atoms with Crippen LogP contribution in [0.1, 0.15) is 28.9 Å². The van der Waals surface area contributed by atoms with Crippen molar-refractivity contribution in [3.05, 3.63) is 71.9 Å². The van der Waals surface area contributed by atoms with E-state index in [-0.39, 0.29) is 17.7 Å². The van der Waals surface area contributed by atoms with Gasteiger partial charge in [0.1, 0.15) is 5.69 Å². The largest absolute Gasteiger partial charge is 0.355 e. The standard InChI is InChI=1S/C23H25N3O2/c27-22(24-13-12-17-7-2-1-3-8-17)19-10-6-14-26(16-19)23(28)21-15-18-9-4-5-11-20(18)25-21/h1-5,7-9,11,15,19,25H,6,10,12-14,16H2,(H,24,27). The van der Waals surface area contributed by atoms with E-state index in [0.29, 0.717) is 25.3 Å². The Labute approximate surface area is 164 Å². The number of aromatic amines is 1. The predicted octanol–water partition coefficient (Wildman–Crippen LogP) is 3.38. The molecule has 2 heterocycles. The van der Waals surface area contributed by atoms with Crippen molar-refractivity contribution < 1.29 is 9.59 Å². The van der Waals surface area contributed by atoms with E-state index in [9.17, 15) is 9.59 Å². The van der Waals surface area contributed by atoms with E-state index in [1.807, 2.05) is 48.5 Å². The Morgan fingerprint density at radius 1 is 1.07 bits per heavy atom. The predicted molar refractivity (Wildman–Crippen MR) is 110 cm³/mol. The summed E-state index contributed by atoms with van der Waals surface area (Å²) < 4.78 is 0. The van der Waals surface area contributed by atoms with Crippen LogP contribution in [-0.2, 0) is 11.2 Å². The first-order valence-corrected chi connectivity index (χ1v) is 9.89. The molecule has 5 heteroatoms. The molecule has 1 atom stereocenters. The van der Waals surface area contributed by atoms with Crippen molar-refractivity contribution in [2.75, 3.05) is 19.6 Å². The number of amides is 2. The van der Waals surface area contributed by atoms with E-state index in [4.69, 9.17) is 0 Å². The van der Waals surface area contributed by atoms with Gasteiger partial charge in [-0.25, -0.2) is 0 Å². The second-order valence-electron chi connectivity index (χ2n) is 7.39. The minimum Gasteiger partial charge on any atom is -0.355 e. The SMILES string of the molecule is O=C(NCCc1ccccc1)C1CCCN(C(=O)c2cc3ccccc3[nH]2)C1. The molecule has 0 spiro atoms. The van der Waals surface area contributed by atoms with Gasteiger partial charge in [-0.3, -0.25) is 9.59 Å². The lowest BCUT2D eigenvalue weighted by Gasteiger charge is -2.31. The second-order valence-corrected chi connectivity index (χ2v) is 7.39. The molecule has 28 heavy (non-hydrogen) atoms. The monoisotopic (exact) mass is 375 g/mol. The molecule has 1 aliphatic heterocycles. The third kappa shape index (κ3) is 4.09. The quantitative estimate of drug-likeness (QED) is 0.718. The number of benzene rings is 2. The molecule has 2 N–H and O–H groups in total. The highest BCUT2D eigenvalue weighted by molar-refractivity contribution is 5.98. The Morgan fingerprint density at radius 3 is 2.68 bits per heavy atom. The van der Waals surface area contributed by atoms with Crippen molar-refractivity contribution >= 4 is 22.7 Å². The summed E-state index contributed by atoms with van der Waals surface area (Å²) in [7, 11) is 0. The maximum atomic E-state index is 12.9. The third-order valence-electron chi connectivity index (χ3n) is 5.40. The molecular weight excluding hydrogens is 350 g/mol. The lowest BCUT2D eigenvalue weighted by atomic mass is 9.96. The van der Waals surface area contributed by atoms with Crippen molar-refractivity contribution in [2.24, 2.45) is 5.92 Å². The number of likely N-dealkylation sites (tertiary alicyclic amines) is 1. The summed E-state index contributed by atoms with van der Waals surface area (Å²) in [5.41, 5.74) is 2.76. The van der Waals surface area contributed by atoms with E-state index in [0.717, 1.165) is 30.2 Å². The van der Waals surface area contributed by atoms with Gasteiger partial charge in [0.05, 0.1) is 5.92 Å². The molecular formula is C23H25N3O2. The van der Waals surface area contributed by atoms with Crippen LogP contribution in [0.3, 0.4) is 0 Å². The van der Waals surface area contributed by atoms with E-state index in [1.165, 1.54) is 5.56 Å². The number of carbonyl (C=O) groups excluding carboxylic acids is 2. The topological polar surface area (TPSA) is 65.2 Å². The van der Waals surface area contributed by atoms with Crippen LogP contribution >= 0.6 is 0 Å². The first-order chi connectivity index (χ1) is 13.7. The summed E-state index contributed by atoms with van der Waals surface area (Å²) in [6, 6.07) is 19.9. The van der Waals surface area contributed by atoms with Crippen LogP contribution in [0, 0.1) is 5.92 Å². The number of aromatic nitrogens is 1. The smallest absolute Gasteiger partial charge is 0.270 e. The fourth-order valence-corrected chi connectivity index (χ4v) is 3.85. The maximum Gasteiger partial charge on any atom is 0.270 e. The molecule has 1 fully saturated rings. The van der Waals surface area contributed by atoms with Crippen LogP contribution < -0.4 is 5.32 Å². The lowest BCUT2D eigenvalue weighted by molar-refractivity contribution is -0.126. The van der Waals surface area contributed by atoms with Gasteiger partial charge in [0.15, 0.2) is 0 Å². The number of fused-ring (bicyclic) bond motifs is 1. The Morgan fingerprint density at radius 2 is 1.86 bits per heavy atom. The first kappa shape index (κ1) is 18.3. The van der Waals surface area contributed by atoms with Crippen LogP contribution in [0.5, 0.6) is 0 Å². The zero-order valence-electron chi connectivity index (χ0n) is 15.9. The highest BCUT2D eigenvalue weighted by atomic mass is 16.2. The number of piperidine rings is 1. The summed E-state index contributed by atoms with van der Waals surface area (Å²) in [5, 5.41) is 4.06.